The van der Waals surface area contributed by atoms with Crippen LogP contribution in [0.25, 0.3) is 0 Å². The van der Waals surface area contributed by atoms with Crippen LogP contribution in [-0.4, -0.2) is 12.4 Å². The van der Waals surface area contributed by atoms with Gasteiger partial charge in [-0.15, -0.1) is 13.2 Å². The van der Waals surface area contributed by atoms with Gasteiger partial charge in [-0.25, -0.2) is 4.79 Å². The molecule has 0 bridgehead atoms. The van der Waals surface area contributed by atoms with Crippen molar-refractivity contribution >= 4 is 6.08 Å². The molecule has 7 heteroatoms. The first kappa shape index (κ1) is 12.7. The topological polar surface area (TPSA) is 62.5 Å². The average molecular weight is 242 g/mol. The van der Waals surface area contributed by atoms with Gasteiger partial charge in [-0.2, -0.15) is 10.3 Å². The summed E-state index contributed by atoms with van der Waals surface area (Å²) in [7, 11) is 0. The van der Waals surface area contributed by atoms with E-state index in [2.05, 4.69) is 9.73 Å². The number of hydrogen-bond acceptors (Lipinski definition) is 4. The van der Waals surface area contributed by atoms with Crippen LogP contribution in [0.5, 0.6) is 5.75 Å². The summed E-state index contributed by atoms with van der Waals surface area (Å²) in [5.41, 5.74) is -0.143. The molecule has 1 atom stereocenters. The van der Waals surface area contributed by atoms with Gasteiger partial charge in [-0.3, -0.25) is 0 Å². The molecule has 0 fully saturated rings. The zero-order valence-electron chi connectivity index (χ0n) is 8.23. The quantitative estimate of drug-likeness (QED) is 0.604. The van der Waals surface area contributed by atoms with Crippen LogP contribution in [0.3, 0.4) is 0 Å². The lowest BCUT2D eigenvalue weighted by Crippen LogP contribution is -2.18. The molecular weight excluding hydrogens is 237 g/mol. The standard InChI is InChI=1S/C10H5F3N2O2/c11-10(12,13)17-9-4-2-1-3-7(9)8(5-14)15-6-16/h1-4,8H. The van der Waals surface area contributed by atoms with E-state index in [1.807, 2.05) is 0 Å². The average Bonchev–Trinajstić information content (AvgIpc) is 2.25. The van der Waals surface area contributed by atoms with Crippen molar-refractivity contribution in [1.82, 2.24) is 0 Å². The molecule has 0 radical (unpaired) electrons. The van der Waals surface area contributed by atoms with Gasteiger partial charge in [0.05, 0.1) is 6.07 Å². The fraction of sp³-hybridized carbons (Fsp3) is 0.200. The maximum absolute atomic E-state index is 12.1. The number of rotatable bonds is 3. The highest BCUT2D eigenvalue weighted by atomic mass is 19.4. The van der Waals surface area contributed by atoms with Crippen LogP contribution in [-0.2, 0) is 4.79 Å². The maximum atomic E-state index is 12.1. The Hall–Kier alpha value is -2.32. The van der Waals surface area contributed by atoms with Gasteiger partial charge < -0.3 is 4.74 Å². The zero-order valence-corrected chi connectivity index (χ0v) is 8.23. The molecule has 0 amide bonds. The first-order valence-electron chi connectivity index (χ1n) is 4.29. The number of ether oxygens (including phenoxy) is 1. The van der Waals surface area contributed by atoms with Gasteiger partial charge in [-0.05, 0) is 6.07 Å². The molecule has 1 unspecified atom stereocenters. The van der Waals surface area contributed by atoms with Crippen molar-refractivity contribution < 1.29 is 22.7 Å². The molecule has 0 spiro atoms. The van der Waals surface area contributed by atoms with Gasteiger partial charge in [0, 0.05) is 5.56 Å². The molecular formula is C10H5F3N2O2. The van der Waals surface area contributed by atoms with Crippen LogP contribution in [0.2, 0.25) is 0 Å². The molecule has 1 aromatic carbocycles. The Morgan fingerprint density at radius 3 is 2.53 bits per heavy atom. The molecule has 0 heterocycles. The van der Waals surface area contributed by atoms with Crippen LogP contribution < -0.4 is 4.74 Å². The summed E-state index contributed by atoms with van der Waals surface area (Å²) in [5.74, 6) is -0.564. The normalized spacial score (nSPS) is 12.1. The van der Waals surface area contributed by atoms with Gasteiger partial charge in [-0.1, -0.05) is 18.2 Å². The first-order chi connectivity index (χ1) is 7.98. The van der Waals surface area contributed by atoms with E-state index >= 15 is 0 Å². The second-order valence-corrected chi connectivity index (χ2v) is 2.84. The Labute approximate surface area is 94.0 Å². The zero-order chi connectivity index (χ0) is 12.9. The van der Waals surface area contributed by atoms with E-state index in [1.54, 1.807) is 6.07 Å². The number of halogens is 3. The number of nitrogens with zero attached hydrogens (tertiary/aromatic N) is 2. The van der Waals surface area contributed by atoms with Gasteiger partial charge in [0.15, 0.2) is 6.04 Å². The molecule has 88 valence electrons. The van der Waals surface area contributed by atoms with Crippen LogP contribution in [0.4, 0.5) is 13.2 Å². The molecule has 4 nitrogen and oxygen atoms in total. The molecule has 0 aliphatic rings. The summed E-state index contributed by atoms with van der Waals surface area (Å²) in [6.45, 7) is 0. The van der Waals surface area contributed by atoms with Gasteiger partial charge in [0.1, 0.15) is 5.75 Å². The number of para-hydroxylation sites is 1. The second-order valence-electron chi connectivity index (χ2n) is 2.84. The number of benzene rings is 1. The lowest BCUT2D eigenvalue weighted by Gasteiger charge is -2.13. The largest absolute Gasteiger partial charge is 0.573 e. The third kappa shape index (κ3) is 3.63. The Kier molecular flexibility index (Phi) is 3.86. The molecule has 0 aliphatic heterocycles. The molecule has 0 aromatic heterocycles. The fourth-order valence-electron chi connectivity index (χ4n) is 1.14. The third-order valence-electron chi connectivity index (χ3n) is 1.74. The number of aliphatic imine (C=N–C) groups is 1. The van der Waals surface area contributed by atoms with E-state index in [-0.39, 0.29) is 5.56 Å². The number of nitriles is 1. The van der Waals surface area contributed by atoms with E-state index in [1.165, 1.54) is 18.2 Å². The summed E-state index contributed by atoms with van der Waals surface area (Å²) in [6, 6.07) is 5.17. The monoisotopic (exact) mass is 242 g/mol. The SMILES string of the molecule is N#CC(N=C=O)c1ccccc1OC(F)(F)F. The van der Waals surface area contributed by atoms with E-state index < -0.39 is 18.2 Å². The van der Waals surface area contributed by atoms with E-state index in [4.69, 9.17) is 5.26 Å². The molecule has 0 saturated carbocycles. The number of carbonyl (C=O) groups excluding carboxylic acids is 1. The lowest BCUT2D eigenvalue weighted by molar-refractivity contribution is -0.274. The third-order valence-corrected chi connectivity index (χ3v) is 1.74. The summed E-state index contributed by atoms with van der Waals surface area (Å²) in [4.78, 5) is 13.1. The summed E-state index contributed by atoms with van der Waals surface area (Å²) >= 11 is 0. The predicted molar refractivity (Wildman–Crippen MR) is 49.6 cm³/mol. The molecule has 1 rings (SSSR count). The smallest absolute Gasteiger partial charge is 0.405 e. The van der Waals surface area contributed by atoms with Crippen molar-refractivity contribution in [1.29, 1.82) is 5.26 Å². The Morgan fingerprint density at radius 1 is 1.35 bits per heavy atom. The van der Waals surface area contributed by atoms with Crippen molar-refractivity contribution in [2.45, 2.75) is 12.4 Å². The number of isocyanates is 1. The molecule has 0 saturated heterocycles. The van der Waals surface area contributed by atoms with Crippen LogP contribution >= 0.6 is 0 Å². The summed E-state index contributed by atoms with van der Waals surface area (Å²) in [5, 5.41) is 8.67. The highest BCUT2D eigenvalue weighted by molar-refractivity contribution is 5.43. The van der Waals surface area contributed by atoms with E-state index in [0.29, 0.717) is 0 Å². The minimum Gasteiger partial charge on any atom is -0.405 e. The summed E-state index contributed by atoms with van der Waals surface area (Å²) in [6.07, 6.45) is -3.75. The van der Waals surface area contributed by atoms with Gasteiger partial charge >= 0.3 is 6.36 Å². The number of alkyl halides is 3. The highest BCUT2D eigenvalue weighted by Gasteiger charge is 2.32. The lowest BCUT2D eigenvalue weighted by atomic mass is 10.1. The van der Waals surface area contributed by atoms with E-state index in [9.17, 15) is 18.0 Å². The van der Waals surface area contributed by atoms with Crippen molar-refractivity contribution in [3.8, 4) is 11.8 Å². The van der Waals surface area contributed by atoms with Crippen molar-refractivity contribution in [3.05, 3.63) is 29.8 Å². The van der Waals surface area contributed by atoms with Crippen molar-refractivity contribution in [3.63, 3.8) is 0 Å². The first-order valence-corrected chi connectivity index (χ1v) is 4.29. The predicted octanol–water partition coefficient (Wildman–Crippen LogP) is 2.49. The molecule has 17 heavy (non-hydrogen) atoms. The van der Waals surface area contributed by atoms with E-state index in [0.717, 1.165) is 12.1 Å². The second kappa shape index (κ2) is 5.14. The summed E-state index contributed by atoms with van der Waals surface area (Å²) < 4.78 is 39.9. The minimum atomic E-state index is -4.87. The molecule has 0 N–H and O–H groups in total. The minimum absolute atomic E-state index is 0.143. The number of hydrogen-bond donors (Lipinski definition) is 0. The highest BCUT2D eigenvalue weighted by Crippen LogP contribution is 2.31. The van der Waals surface area contributed by atoms with Gasteiger partial charge in [0.25, 0.3) is 0 Å². The van der Waals surface area contributed by atoms with Crippen LogP contribution in [0, 0.1) is 11.3 Å². The van der Waals surface area contributed by atoms with Gasteiger partial charge in [0.2, 0.25) is 6.08 Å². The Balaban J connectivity index is 3.16. The van der Waals surface area contributed by atoms with Crippen molar-refractivity contribution in [2.24, 2.45) is 4.99 Å². The van der Waals surface area contributed by atoms with Crippen LogP contribution in [0.15, 0.2) is 29.3 Å². The Bertz CT molecular complexity index is 487. The Morgan fingerprint density at radius 2 is 2.00 bits per heavy atom. The maximum Gasteiger partial charge on any atom is 0.573 e. The molecule has 1 aromatic rings. The molecule has 0 aliphatic carbocycles. The van der Waals surface area contributed by atoms with Crippen LogP contribution in [0.1, 0.15) is 11.6 Å². The van der Waals surface area contributed by atoms with Crippen molar-refractivity contribution in [2.75, 3.05) is 0 Å². The fourth-order valence-corrected chi connectivity index (χ4v) is 1.14.